The summed E-state index contributed by atoms with van der Waals surface area (Å²) in [5.41, 5.74) is 7.98. The zero-order chi connectivity index (χ0) is 16.9. The van der Waals surface area contributed by atoms with Crippen molar-refractivity contribution < 1.29 is 9.59 Å². The number of nitrogens with zero attached hydrogens (tertiary/aromatic N) is 1. The number of carbonyl (C=O) groups excluding carboxylic acids is 2. The van der Waals surface area contributed by atoms with Gasteiger partial charge in [0.05, 0.1) is 5.56 Å². The molecule has 0 spiro atoms. The lowest BCUT2D eigenvalue weighted by atomic mass is 10.1. The fraction of sp³-hybridized carbons (Fsp3) is 0.263. The molecule has 5 nitrogen and oxygen atoms in total. The number of piperidine rings is 1. The fourth-order valence-electron chi connectivity index (χ4n) is 3.01. The van der Waals surface area contributed by atoms with Crippen molar-refractivity contribution >= 4 is 23.2 Å². The molecule has 1 fully saturated rings. The van der Waals surface area contributed by atoms with E-state index in [2.05, 4.69) is 10.2 Å². The Morgan fingerprint density at radius 3 is 2.33 bits per heavy atom. The van der Waals surface area contributed by atoms with E-state index in [1.54, 1.807) is 18.2 Å². The van der Waals surface area contributed by atoms with Crippen LogP contribution >= 0.6 is 0 Å². The maximum atomic E-state index is 12.2. The van der Waals surface area contributed by atoms with E-state index in [0.717, 1.165) is 31.6 Å². The molecule has 0 bridgehead atoms. The predicted octanol–water partition coefficient (Wildman–Crippen LogP) is 3.03. The monoisotopic (exact) mass is 323 g/mol. The Morgan fingerprint density at radius 1 is 0.958 bits per heavy atom. The van der Waals surface area contributed by atoms with Gasteiger partial charge >= 0.3 is 0 Å². The van der Waals surface area contributed by atoms with Gasteiger partial charge in [-0.3, -0.25) is 9.59 Å². The SMILES string of the molecule is NC(=O)c1cc(NC(=O)c2ccccc2)ccc1N1CCCCC1. The van der Waals surface area contributed by atoms with E-state index in [4.69, 9.17) is 5.73 Å². The maximum absolute atomic E-state index is 12.2. The fourth-order valence-corrected chi connectivity index (χ4v) is 3.01. The molecule has 1 aliphatic rings. The number of carbonyl (C=O) groups is 2. The molecule has 0 saturated carbocycles. The smallest absolute Gasteiger partial charge is 0.255 e. The quantitative estimate of drug-likeness (QED) is 0.908. The van der Waals surface area contributed by atoms with Crippen molar-refractivity contribution in [2.24, 2.45) is 5.73 Å². The molecular weight excluding hydrogens is 302 g/mol. The Morgan fingerprint density at radius 2 is 1.67 bits per heavy atom. The average Bonchev–Trinajstić information content (AvgIpc) is 2.63. The van der Waals surface area contributed by atoms with E-state index in [1.807, 2.05) is 30.3 Å². The first-order valence-corrected chi connectivity index (χ1v) is 8.20. The first-order chi connectivity index (χ1) is 11.6. The average molecular weight is 323 g/mol. The van der Waals surface area contributed by atoms with Crippen molar-refractivity contribution in [3.8, 4) is 0 Å². The van der Waals surface area contributed by atoms with Gasteiger partial charge in [0.25, 0.3) is 11.8 Å². The van der Waals surface area contributed by atoms with Crippen LogP contribution in [0.25, 0.3) is 0 Å². The Balaban J connectivity index is 1.83. The van der Waals surface area contributed by atoms with Gasteiger partial charge in [-0.05, 0) is 49.6 Å². The number of anilines is 2. The van der Waals surface area contributed by atoms with Crippen LogP contribution in [0.5, 0.6) is 0 Å². The third-order valence-corrected chi connectivity index (χ3v) is 4.25. The zero-order valence-corrected chi connectivity index (χ0v) is 13.5. The molecule has 2 amide bonds. The third kappa shape index (κ3) is 3.56. The molecule has 1 aliphatic heterocycles. The second-order valence-corrected chi connectivity index (χ2v) is 5.96. The Bertz CT molecular complexity index is 738. The van der Waals surface area contributed by atoms with Crippen molar-refractivity contribution in [2.75, 3.05) is 23.3 Å². The van der Waals surface area contributed by atoms with E-state index < -0.39 is 5.91 Å². The van der Waals surface area contributed by atoms with Gasteiger partial charge < -0.3 is 16.0 Å². The standard InChI is InChI=1S/C19H21N3O2/c20-18(23)16-13-15(21-19(24)14-7-3-1-4-8-14)9-10-17(16)22-11-5-2-6-12-22/h1,3-4,7-10,13H,2,5-6,11-12H2,(H2,20,23)(H,21,24). The molecule has 5 heteroatoms. The minimum atomic E-state index is -0.480. The topological polar surface area (TPSA) is 75.4 Å². The second-order valence-electron chi connectivity index (χ2n) is 5.96. The molecule has 2 aromatic rings. The number of primary amides is 1. The highest BCUT2D eigenvalue weighted by Gasteiger charge is 2.18. The molecule has 3 N–H and O–H groups in total. The summed E-state index contributed by atoms with van der Waals surface area (Å²) >= 11 is 0. The first-order valence-electron chi connectivity index (χ1n) is 8.20. The maximum Gasteiger partial charge on any atom is 0.255 e. The Labute approximate surface area is 141 Å². The van der Waals surface area contributed by atoms with E-state index in [0.29, 0.717) is 16.8 Å². The van der Waals surface area contributed by atoms with Crippen LogP contribution in [0.3, 0.4) is 0 Å². The lowest BCUT2D eigenvalue weighted by molar-refractivity contribution is 0.0996. The van der Waals surface area contributed by atoms with Crippen LogP contribution in [0.4, 0.5) is 11.4 Å². The molecule has 1 heterocycles. The van der Waals surface area contributed by atoms with Gasteiger partial charge in [-0.25, -0.2) is 0 Å². The highest BCUT2D eigenvalue weighted by Crippen LogP contribution is 2.27. The summed E-state index contributed by atoms with van der Waals surface area (Å²) in [6, 6.07) is 14.3. The number of hydrogen-bond donors (Lipinski definition) is 2. The summed E-state index contributed by atoms with van der Waals surface area (Å²) in [5.74, 6) is -0.692. The first kappa shape index (κ1) is 16.1. The van der Waals surface area contributed by atoms with Crippen molar-refractivity contribution in [3.05, 3.63) is 59.7 Å². The zero-order valence-electron chi connectivity index (χ0n) is 13.5. The molecule has 24 heavy (non-hydrogen) atoms. The van der Waals surface area contributed by atoms with Gasteiger partial charge in [-0.15, -0.1) is 0 Å². The van der Waals surface area contributed by atoms with Crippen LogP contribution < -0.4 is 16.0 Å². The van der Waals surface area contributed by atoms with Gasteiger partial charge in [0, 0.05) is 30.0 Å². The van der Waals surface area contributed by atoms with Crippen molar-refractivity contribution in [2.45, 2.75) is 19.3 Å². The summed E-state index contributed by atoms with van der Waals surface area (Å²) in [6.45, 7) is 1.85. The summed E-state index contributed by atoms with van der Waals surface area (Å²) in [5, 5.41) is 2.82. The molecule has 1 saturated heterocycles. The summed E-state index contributed by atoms with van der Waals surface area (Å²) in [6.07, 6.45) is 3.45. The number of nitrogens with one attached hydrogen (secondary N) is 1. The molecule has 0 aliphatic carbocycles. The number of amides is 2. The van der Waals surface area contributed by atoms with E-state index >= 15 is 0 Å². The Hall–Kier alpha value is -2.82. The largest absolute Gasteiger partial charge is 0.371 e. The minimum Gasteiger partial charge on any atom is -0.371 e. The molecule has 0 aromatic heterocycles. The normalized spacial score (nSPS) is 14.2. The molecule has 0 unspecified atom stereocenters. The van der Waals surface area contributed by atoms with Gasteiger partial charge in [0.15, 0.2) is 0 Å². The van der Waals surface area contributed by atoms with Gasteiger partial charge in [0.1, 0.15) is 0 Å². The van der Waals surface area contributed by atoms with Gasteiger partial charge in [-0.2, -0.15) is 0 Å². The Kier molecular flexibility index (Phi) is 4.79. The molecule has 0 atom stereocenters. The van der Waals surface area contributed by atoms with E-state index in [9.17, 15) is 9.59 Å². The summed E-state index contributed by atoms with van der Waals surface area (Å²) in [7, 11) is 0. The molecule has 0 radical (unpaired) electrons. The van der Waals surface area contributed by atoms with Crippen molar-refractivity contribution in [1.29, 1.82) is 0 Å². The molecule has 2 aromatic carbocycles. The highest BCUT2D eigenvalue weighted by atomic mass is 16.2. The lowest BCUT2D eigenvalue weighted by Crippen LogP contribution is -2.31. The van der Waals surface area contributed by atoms with Crippen LogP contribution in [0.15, 0.2) is 48.5 Å². The lowest BCUT2D eigenvalue weighted by Gasteiger charge is -2.30. The van der Waals surface area contributed by atoms with Crippen LogP contribution in [0.1, 0.15) is 40.0 Å². The number of nitrogens with two attached hydrogens (primary N) is 1. The van der Waals surface area contributed by atoms with Crippen LogP contribution in [-0.4, -0.2) is 24.9 Å². The minimum absolute atomic E-state index is 0.211. The van der Waals surface area contributed by atoms with Crippen molar-refractivity contribution in [3.63, 3.8) is 0 Å². The number of hydrogen-bond acceptors (Lipinski definition) is 3. The highest BCUT2D eigenvalue weighted by molar-refractivity contribution is 6.06. The summed E-state index contributed by atoms with van der Waals surface area (Å²) < 4.78 is 0. The van der Waals surface area contributed by atoms with Crippen LogP contribution in [0.2, 0.25) is 0 Å². The third-order valence-electron chi connectivity index (χ3n) is 4.25. The molecular formula is C19H21N3O2. The predicted molar refractivity (Wildman–Crippen MR) is 95.4 cm³/mol. The summed E-state index contributed by atoms with van der Waals surface area (Å²) in [4.78, 5) is 26.3. The van der Waals surface area contributed by atoms with E-state index in [-0.39, 0.29) is 5.91 Å². The van der Waals surface area contributed by atoms with Gasteiger partial charge in [-0.1, -0.05) is 18.2 Å². The van der Waals surface area contributed by atoms with Crippen LogP contribution in [-0.2, 0) is 0 Å². The molecule has 124 valence electrons. The second kappa shape index (κ2) is 7.17. The number of benzene rings is 2. The number of rotatable bonds is 4. The van der Waals surface area contributed by atoms with Gasteiger partial charge in [0.2, 0.25) is 0 Å². The van der Waals surface area contributed by atoms with E-state index in [1.165, 1.54) is 6.42 Å². The molecule has 3 rings (SSSR count). The van der Waals surface area contributed by atoms with Crippen molar-refractivity contribution in [1.82, 2.24) is 0 Å². The van der Waals surface area contributed by atoms with Crippen LogP contribution in [0, 0.1) is 0 Å².